The van der Waals surface area contributed by atoms with Crippen LogP contribution in [-0.4, -0.2) is 6.04 Å². The predicted octanol–water partition coefficient (Wildman–Crippen LogP) is 3.88. The van der Waals surface area contributed by atoms with Gasteiger partial charge < -0.3 is 5.73 Å². The van der Waals surface area contributed by atoms with E-state index in [2.05, 4.69) is 51.1 Å². The average molecular weight is 229 g/mol. The molecular weight excluding hydrogens is 206 g/mol. The normalized spacial score (nSPS) is 23.3. The lowest BCUT2D eigenvalue weighted by Gasteiger charge is -2.18. The molecule has 0 radical (unpaired) electrons. The summed E-state index contributed by atoms with van der Waals surface area (Å²) in [6, 6.07) is 9.30. The molecule has 1 aliphatic carbocycles. The van der Waals surface area contributed by atoms with E-state index < -0.39 is 0 Å². The minimum Gasteiger partial charge on any atom is -0.327 e. The van der Waals surface area contributed by atoms with Crippen LogP contribution in [0.1, 0.15) is 51.2 Å². The van der Waals surface area contributed by atoms with Crippen molar-refractivity contribution < 1.29 is 0 Å². The Labute approximate surface area is 105 Å². The summed E-state index contributed by atoms with van der Waals surface area (Å²) >= 11 is 0. The van der Waals surface area contributed by atoms with Crippen molar-refractivity contribution in [2.75, 3.05) is 0 Å². The summed E-state index contributed by atoms with van der Waals surface area (Å²) in [4.78, 5) is 0. The topological polar surface area (TPSA) is 26.0 Å². The van der Waals surface area contributed by atoms with E-state index in [1.54, 1.807) is 0 Å². The minimum absolute atomic E-state index is 0.237. The van der Waals surface area contributed by atoms with Gasteiger partial charge in [0.25, 0.3) is 0 Å². The van der Waals surface area contributed by atoms with E-state index in [1.165, 1.54) is 23.1 Å². The Morgan fingerprint density at radius 3 is 2.29 bits per heavy atom. The smallest absolute Gasteiger partial charge is 0.00792 e. The minimum atomic E-state index is 0.237. The summed E-state index contributed by atoms with van der Waals surface area (Å²) in [5.41, 5.74) is 10.4. The second-order valence-electron chi connectivity index (χ2n) is 6.18. The van der Waals surface area contributed by atoms with Gasteiger partial charge in [0.1, 0.15) is 0 Å². The van der Waals surface area contributed by atoms with Gasteiger partial charge in [-0.25, -0.2) is 0 Å². The molecule has 0 heterocycles. The van der Waals surface area contributed by atoms with Crippen LogP contribution in [0, 0.1) is 0 Å². The highest BCUT2D eigenvalue weighted by Gasteiger charge is 2.15. The molecule has 0 bridgehead atoms. The zero-order valence-corrected chi connectivity index (χ0v) is 11.2. The molecule has 0 saturated heterocycles. The Hall–Kier alpha value is -1.08. The first-order chi connectivity index (χ1) is 7.95. The van der Waals surface area contributed by atoms with Crippen LogP contribution in [0.5, 0.6) is 0 Å². The maximum absolute atomic E-state index is 5.92. The van der Waals surface area contributed by atoms with E-state index in [4.69, 9.17) is 5.73 Å². The molecule has 2 rings (SSSR count). The first-order valence-electron chi connectivity index (χ1n) is 6.51. The fraction of sp³-hybridized carbons (Fsp3) is 0.500. The van der Waals surface area contributed by atoms with Gasteiger partial charge >= 0.3 is 0 Å². The lowest BCUT2D eigenvalue weighted by molar-refractivity contribution is 0.590. The molecule has 92 valence electrons. The molecule has 0 aliphatic heterocycles. The molecule has 0 spiro atoms. The van der Waals surface area contributed by atoms with E-state index >= 15 is 0 Å². The van der Waals surface area contributed by atoms with E-state index in [9.17, 15) is 0 Å². The van der Waals surface area contributed by atoms with E-state index in [0.29, 0.717) is 6.04 Å². The highest BCUT2D eigenvalue weighted by molar-refractivity contribution is 5.54. The maximum Gasteiger partial charge on any atom is 0.00792 e. The zero-order valence-electron chi connectivity index (χ0n) is 11.2. The number of hydrogen-bond donors (Lipinski definition) is 1. The molecule has 2 N–H and O–H groups in total. The van der Waals surface area contributed by atoms with Gasteiger partial charge in [-0.15, -0.1) is 0 Å². The van der Waals surface area contributed by atoms with Crippen molar-refractivity contribution >= 4 is 6.08 Å². The van der Waals surface area contributed by atoms with Crippen LogP contribution >= 0.6 is 0 Å². The van der Waals surface area contributed by atoms with E-state index in [-0.39, 0.29) is 5.41 Å². The third-order valence-corrected chi connectivity index (χ3v) is 3.51. The molecule has 0 aromatic heterocycles. The van der Waals surface area contributed by atoms with Crippen LogP contribution < -0.4 is 5.73 Å². The van der Waals surface area contributed by atoms with Crippen LogP contribution in [0.3, 0.4) is 0 Å². The molecule has 1 unspecified atom stereocenters. The fourth-order valence-corrected chi connectivity index (χ4v) is 2.36. The monoisotopic (exact) mass is 229 g/mol. The Kier molecular flexibility index (Phi) is 3.39. The summed E-state index contributed by atoms with van der Waals surface area (Å²) in [6.07, 6.45) is 5.69. The number of nitrogens with two attached hydrogens (primary N) is 1. The highest BCUT2D eigenvalue weighted by Crippen LogP contribution is 2.27. The summed E-state index contributed by atoms with van der Waals surface area (Å²) < 4.78 is 0. The summed E-state index contributed by atoms with van der Waals surface area (Å²) in [7, 11) is 0. The molecule has 17 heavy (non-hydrogen) atoms. The van der Waals surface area contributed by atoms with Gasteiger partial charge in [-0.05, 0) is 35.8 Å². The van der Waals surface area contributed by atoms with Crippen molar-refractivity contribution in [3.63, 3.8) is 0 Å². The molecular formula is C16H23N. The lowest BCUT2D eigenvalue weighted by atomic mass is 9.86. The summed E-state index contributed by atoms with van der Waals surface area (Å²) in [5, 5.41) is 0. The van der Waals surface area contributed by atoms with Crippen LogP contribution in [0.15, 0.2) is 29.8 Å². The van der Waals surface area contributed by atoms with Crippen LogP contribution in [0.4, 0.5) is 0 Å². The molecule has 1 fully saturated rings. The molecule has 1 aliphatic rings. The first-order valence-corrected chi connectivity index (χ1v) is 6.51. The molecule has 1 nitrogen and oxygen atoms in total. The number of hydrogen-bond acceptors (Lipinski definition) is 1. The Balaban J connectivity index is 2.14. The second kappa shape index (κ2) is 4.66. The summed E-state index contributed by atoms with van der Waals surface area (Å²) in [6.45, 7) is 6.74. The molecule has 0 amide bonds. The van der Waals surface area contributed by atoms with Crippen molar-refractivity contribution in [1.82, 2.24) is 0 Å². The van der Waals surface area contributed by atoms with Crippen LogP contribution in [0.2, 0.25) is 0 Å². The van der Waals surface area contributed by atoms with Gasteiger partial charge in [-0.2, -0.15) is 0 Å². The van der Waals surface area contributed by atoms with Crippen molar-refractivity contribution in [1.29, 1.82) is 0 Å². The molecule has 1 aromatic carbocycles. The molecule has 1 atom stereocenters. The molecule has 1 heteroatoms. The summed E-state index contributed by atoms with van der Waals surface area (Å²) in [5.74, 6) is 0. The average Bonchev–Trinajstić information content (AvgIpc) is 2.63. The van der Waals surface area contributed by atoms with Crippen molar-refractivity contribution in [3.05, 3.63) is 41.0 Å². The highest BCUT2D eigenvalue weighted by atomic mass is 14.6. The fourth-order valence-electron chi connectivity index (χ4n) is 2.36. The third kappa shape index (κ3) is 3.19. The Morgan fingerprint density at radius 2 is 1.82 bits per heavy atom. The van der Waals surface area contributed by atoms with E-state index in [1.807, 2.05) is 0 Å². The largest absolute Gasteiger partial charge is 0.327 e. The molecule has 1 saturated carbocycles. The quantitative estimate of drug-likeness (QED) is 0.777. The lowest BCUT2D eigenvalue weighted by Crippen LogP contribution is -2.13. The van der Waals surface area contributed by atoms with E-state index in [0.717, 1.165) is 12.8 Å². The van der Waals surface area contributed by atoms with Gasteiger partial charge in [0, 0.05) is 6.04 Å². The van der Waals surface area contributed by atoms with Crippen molar-refractivity contribution in [2.45, 2.75) is 51.5 Å². The number of rotatable bonds is 1. The first kappa shape index (κ1) is 12.4. The second-order valence-corrected chi connectivity index (χ2v) is 6.18. The van der Waals surface area contributed by atoms with Gasteiger partial charge in [0.15, 0.2) is 0 Å². The van der Waals surface area contributed by atoms with Gasteiger partial charge in [-0.3, -0.25) is 0 Å². The maximum atomic E-state index is 5.92. The zero-order chi connectivity index (χ0) is 12.5. The van der Waals surface area contributed by atoms with Gasteiger partial charge in [0.05, 0.1) is 0 Å². The van der Waals surface area contributed by atoms with Crippen molar-refractivity contribution in [3.8, 4) is 0 Å². The SMILES string of the molecule is CC(C)(C)c1ccc(/C=C2\CCC(N)C2)cc1. The van der Waals surface area contributed by atoms with Crippen molar-refractivity contribution in [2.24, 2.45) is 5.73 Å². The predicted molar refractivity (Wildman–Crippen MR) is 74.9 cm³/mol. The Bertz CT molecular complexity index is 406. The number of benzene rings is 1. The van der Waals surface area contributed by atoms with Gasteiger partial charge in [0.2, 0.25) is 0 Å². The van der Waals surface area contributed by atoms with Gasteiger partial charge in [-0.1, -0.05) is 56.7 Å². The van der Waals surface area contributed by atoms with Crippen LogP contribution in [-0.2, 0) is 5.41 Å². The molecule has 1 aromatic rings. The van der Waals surface area contributed by atoms with Crippen LogP contribution in [0.25, 0.3) is 6.08 Å². The third-order valence-electron chi connectivity index (χ3n) is 3.51. The Morgan fingerprint density at radius 1 is 1.18 bits per heavy atom. The standard InChI is InChI=1S/C16H23N/c1-16(2,3)14-7-4-12(5-8-14)10-13-6-9-15(17)11-13/h4-5,7-8,10,15H,6,9,11,17H2,1-3H3/b13-10+.